The van der Waals surface area contributed by atoms with Crippen LogP contribution in [0.4, 0.5) is 5.69 Å². The number of benzene rings is 3. The average Bonchev–Trinajstić information content (AvgIpc) is 2.88. The third-order valence-electron chi connectivity index (χ3n) is 5.15. The van der Waals surface area contributed by atoms with Crippen molar-refractivity contribution < 1.29 is 32.8 Å². The van der Waals surface area contributed by atoms with Crippen LogP contribution in [0.3, 0.4) is 0 Å². The number of aliphatic carboxylic acids is 1. The Kier molecular flexibility index (Phi) is 8.77. The lowest BCUT2D eigenvalue weighted by atomic mass is 10.1. The summed E-state index contributed by atoms with van der Waals surface area (Å²) in [6, 6.07) is 13.0. The van der Waals surface area contributed by atoms with Gasteiger partial charge in [-0.1, -0.05) is 30.3 Å². The Bertz CT molecular complexity index is 1500. The number of nitro groups is 1. The Morgan fingerprint density at radius 1 is 1.08 bits per heavy atom. The van der Waals surface area contributed by atoms with Gasteiger partial charge >= 0.3 is 11.7 Å². The molecule has 1 unspecified atom stereocenters. The van der Waals surface area contributed by atoms with Gasteiger partial charge in [-0.25, -0.2) is 8.42 Å². The molecule has 38 heavy (non-hydrogen) atoms. The molecule has 3 aromatic carbocycles. The van der Waals surface area contributed by atoms with Crippen molar-refractivity contribution in [2.24, 2.45) is 16.5 Å². The number of ether oxygens (including phenoxy) is 1. The van der Waals surface area contributed by atoms with Crippen molar-refractivity contribution in [1.29, 1.82) is 0 Å². The first-order chi connectivity index (χ1) is 18.0. The first-order valence-electron chi connectivity index (χ1n) is 11.0. The predicted octanol–water partition coefficient (Wildman–Crippen LogP) is 0.562. The van der Waals surface area contributed by atoms with Gasteiger partial charge in [0.15, 0.2) is 11.7 Å². The summed E-state index contributed by atoms with van der Waals surface area (Å²) >= 11 is 0. The summed E-state index contributed by atoms with van der Waals surface area (Å²) in [6.07, 6.45) is 0. The number of hydrogen-bond donors (Lipinski definition) is 5. The van der Waals surface area contributed by atoms with Crippen LogP contribution in [0.2, 0.25) is 0 Å². The number of carboxylic acid groups (broad SMARTS) is 1. The van der Waals surface area contributed by atoms with E-state index in [1.165, 1.54) is 24.3 Å². The van der Waals surface area contributed by atoms with Crippen LogP contribution in [0.1, 0.15) is 10.4 Å². The highest BCUT2D eigenvalue weighted by Crippen LogP contribution is 2.28. The molecule has 1 atom stereocenters. The maximum atomic E-state index is 12.8. The molecule has 0 saturated heterocycles. The van der Waals surface area contributed by atoms with E-state index in [0.717, 1.165) is 11.5 Å². The van der Waals surface area contributed by atoms with Gasteiger partial charge in [-0.05, 0) is 35.0 Å². The number of nitro benzene ring substituents is 1. The minimum absolute atomic E-state index is 0.0490. The molecule has 0 aliphatic heterocycles. The highest BCUT2D eigenvalue weighted by molar-refractivity contribution is 7.89. The number of nitrogens with two attached hydrogens (primary N) is 2. The number of carboxylic acids is 1. The van der Waals surface area contributed by atoms with Crippen molar-refractivity contribution in [1.82, 2.24) is 10.0 Å². The van der Waals surface area contributed by atoms with Crippen LogP contribution in [0.15, 0.2) is 70.6 Å². The van der Waals surface area contributed by atoms with Crippen molar-refractivity contribution in [2.45, 2.75) is 10.9 Å². The number of carbonyl (C=O) groups is 2. The molecule has 0 spiro atoms. The predicted molar refractivity (Wildman–Crippen MR) is 137 cm³/mol. The number of aliphatic imine (C=N–C) groups is 1. The van der Waals surface area contributed by atoms with E-state index in [1.807, 2.05) is 0 Å². The second-order valence-corrected chi connectivity index (χ2v) is 9.54. The summed E-state index contributed by atoms with van der Waals surface area (Å²) in [4.78, 5) is 38.5. The topological polar surface area (TPSA) is 229 Å². The van der Waals surface area contributed by atoms with Gasteiger partial charge in [-0.3, -0.25) is 24.7 Å². The van der Waals surface area contributed by atoms with E-state index >= 15 is 0 Å². The molecule has 0 fully saturated rings. The number of hydrogen-bond acceptors (Lipinski definition) is 8. The van der Waals surface area contributed by atoms with E-state index in [4.69, 9.17) is 16.2 Å². The Balaban J connectivity index is 1.70. The summed E-state index contributed by atoms with van der Waals surface area (Å²) in [5, 5.41) is 24.7. The number of carbonyl (C=O) groups excluding carboxylic acids is 1. The zero-order valence-corrected chi connectivity index (χ0v) is 20.6. The second-order valence-electron chi connectivity index (χ2n) is 7.83. The summed E-state index contributed by atoms with van der Waals surface area (Å²) in [6.45, 7) is -0.652. The Labute approximate surface area is 216 Å². The summed E-state index contributed by atoms with van der Waals surface area (Å²) in [7, 11) is -4.26. The molecule has 1 amide bonds. The lowest BCUT2D eigenvalue weighted by molar-refractivity contribution is -0.385. The standard InChI is InChI=1S/C23H24N6O8S/c24-23(25)26-9-10-37-20-8-6-16(12-19(20)29(33)34)21(30)27-13-18(22(31)32)28-38(35,36)17-7-5-14-3-1-2-4-15(14)11-17/h1-8,11-12,18,28H,9-10,13H2,(H,27,30)(H,31,32)(H4,24,25,26). The van der Waals surface area contributed by atoms with Crippen molar-refractivity contribution in [3.63, 3.8) is 0 Å². The van der Waals surface area contributed by atoms with E-state index in [-0.39, 0.29) is 35.3 Å². The molecular formula is C23H24N6O8S. The molecule has 0 aliphatic rings. The Morgan fingerprint density at radius 3 is 2.45 bits per heavy atom. The molecule has 0 heterocycles. The third-order valence-corrected chi connectivity index (χ3v) is 6.62. The quantitative estimate of drug-likeness (QED) is 0.0699. The van der Waals surface area contributed by atoms with Gasteiger partial charge in [0, 0.05) is 18.2 Å². The van der Waals surface area contributed by atoms with Gasteiger partial charge in [0.25, 0.3) is 5.91 Å². The number of guanidine groups is 1. The van der Waals surface area contributed by atoms with Crippen molar-refractivity contribution in [3.8, 4) is 5.75 Å². The van der Waals surface area contributed by atoms with E-state index in [2.05, 4.69) is 15.0 Å². The second kappa shape index (κ2) is 12.0. The van der Waals surface area contributed by atoms with E-state index in [0.29, 0.717) is 5.39 Å². The molecule has 3 aromatic rings. The molecule has 14 nitrogen and oxygen atoms in total. The number of amides is 1. The first-order valence-corrected chi connectivity index (χ1v) is 12.4. The number of nitrogens with one attached hydrogen (secondary N) is 2. The van der Waals surface area contributed by atoms with Gasteiger partial charge in [0.05, 0.1) is 16.4 Å². The number of sulfonamides is 1. The SMILES string of the molecule is NC(N)=NCCOc1ccc(C(=O)NCC(NS(=O)(=O)c2ccc3ccccc3c2)C(=O)O)cc1[N+](=O)[O-]. The highest BCUT2D eigenvalue weighted by Gasteiger charge is 2.27. The molecule has 3 rings (SSSR count). The minimum Gasteiger partial charge on any atom is -0.485 e. The Morgan fingerprint density at radius 2 is 1.79 bits per heavy atom. The van der Waals surface area contributed by atoms with Gasteiger partial charge < -0.3 is 26.6 Å². The number of nitrogens with zero attached hydrogens (tertiary/aromatic N) is 2. The van der Waals surface area contributed by atoms with E-state index < -0.39 is 45.1 Å². The largest absolute Gasteiger partial charge is 0.485 e. The lowest BCUT2D eigenvalue weighted by Crippen LogP contribution is -2.48. The van der Waals surface area contributed by atoms with Crippen LogP contribution in [0, 0.1) is 10.1 Å². The van der Waals surface area contributed by atoms with Gasteiger partial charge in [-0.15, -0.1) is 0 Å². The van der Waals surface area contributed by atoms with Crippen molar-refractivity contribution in [3.05, 3.63) is 76.3 Å². The summed E-state index contributed by atoms with van der Waals surface area (Å²) < 4.78 is 33.0. The number of fused-ring (bicyclic) bond motifs is 1. The zero-order valence-electron chi connectivity index (χ0n) is 19.7. The van der Waals surface area contributed by atoms with Crippen molar-refractivity contribution >= 4 is 44.3 Å². The molecule has 7 N–H and O–H groups in total. The maximum absolute atomic E-state index is 12.8. The zero-order chi connectivity index (χ0) is 27.9. The first kappa shape index (κ1) is 27.8. The van der Waals surface area contributed by atoms with Gasteiger partial charge in [0.1, 0.15) is 12.6 Å². The summed E-state index contributed by atoms with van der Waals surface area (Å²) in [5.41, 5.74) is 9.71. The van der Waals surface area contributed by atoms with Crippen LogP contribution in [0.25, 0.3) is 10.8 Å². The van der Waals surface area contributed by atoms with Crippen LogP contribution >= 0.6 is 0 Å². The monoisotopic (exact) mass is 544 g/mol. The maximum Gasteiger partial charge on any atom is 0.323 e. The molecule has 0 aromatic heterocycles. The van der Waals surface area contributed by atoms with Gasteiger partial charge in [0.2, 0.25) is 10.0 Å². The highest BCUT2D eigenvalue weighted by atomic mass is 32.2. The molecule has 200 valence electrons. The van der Waals surface area contributed by atoms with E-state index in [9.17, 15) is 33.2 Å². The number of rotatable bonds is 12. The molecule has 0 radical (unpaired) electrons. The van der Waals surface area contributed by atoms with Crippen LogP contribution in [-0.4, -0.2) is 62.0 Å². The van der Waals surface area contributed by atoms with Crippen molar-refractivity contribution in [2.75, 3.05) is 19.7 Å². The molecule has 0 aliphatic carbocycles. The lowest BCUT2D eigenvalue weighted by Gasteiger charge is -2.16. The molecular weight excluding hydrogens is 520 g/mol. The fourth-order valence-corrected chi connectivity index (χ4v) is 4.54. The third kappa shape index (κ3) is 7.14. The molecule has 0 bridgehead atoms. The average molecular weight is 545 g/mol. The normalized spacial score (nSPS) is 11.9. The molecule has 15 heteroatoms. The summed E-state index contributed by atoms with van der Waals surface area (Å²) in [5.74, 6) is -2.71. The fourth-order valence-electron chi connectivity index (χ4n) is 3.32. The molecule has 0 saturated carbocycles. The van der Waals surface area contributed by atoms with E-state index in [1.54, 1.807) is 30.3 Å². The van der Waals surface area contributed by atoms with Crippen LogP contribution < -0.4 is 26.2 Å². The minimum atomic E-state index is -4.26. The van der Waals surface area contributed by atoms with Crippen LogP contribution in [0.5, 0.6) is 5.75 Å². The fraction of sp³-hybridized carbons (Fsp3) is 0.174. The van der Waals surface area contributed by atoms with Gasteiger partial charge in [-0.2, -0.15) is 4.72 Å². The smallest absolute Gasteiger partial charge is 0.323 e. The Hall–Kier alpha value is -4.76. The van der Waals surface area contributed by atoms with Crippen LogP contribution in [-0.2, 0) is 14.8 Å².